The molecule has 0 aliphatic carbocycles. The van der Waals surface area contributed by atoms with E-state index in [1.807, 2.05) is 12.1 Å². The molecule has 0 atom stereocenters. The highest BCUT2D eigenvalue weighted by Gasteiger charge is 2.15. The highest BCUT2D eigenvalue weighted by molar-refractivity contribution is 6.43. The Morgan fingerprint density at radius 1 is 0.864 bits per heavy atom. The molecule has 0 spiro atoms. The lowest BCUT2D eigenvalue weighted by Gasteiger charge is -2.09. The Balaban J connectivity index is 2.03. The topological polar surface area (TPSA) is 43.6 Å². The molecule has 0 aliphatic rings. The molecule has 22 heavy (non-hydrogen) atoms. The van der Waals surface area contributed by atoms with Gasteiger partial charge in [-0.15, -0.1) is 5.10 Å². The van der Waals surface area contributed by atoms with Crippen molar-refractivity contribution in [2.75, 3.05) is 0 Å². The Morgan fingerprint density at radius 3 is 2.32 bits per heavy atom. The second-order valence-electron chi connectivity index (χ2n) is 4.47. The van der Waals surface area contributed by atoms with E-state index in [0.29, 0.717) is 38.0 Å². The molecule has 0 saturated carbocycles. The molecule has 0 saturated heterocycles. The van der Waals surface area contributed by atoms with Crippen molar-refractivity contribution in [3.05, 3.63) is 62.1 Å². The van der Waals surface area contributed by atoms with E-state index < -0.39 is 0 Å². The van der Waals surface area contributed by atoms with Gasteiger partial charge in [-0.05, 0) is 34.2 Å². The first kappa shape index (κ1) is 15.6. The third kappa shape index (κ3) is 2.92. The average Bonchev–Trinajstić information content (AvgIpc) is 2.95. The van der Waals surface area contributed by atoms with Crippen molar-refractivity contribution in [2.45, 2.75) is 6.54 Å². The highest BCUT2D eigenvalue weighted by atomic mass is 35.5. The predicted molar refractivity (Wildman–Crippen MR) is 88.8 cm³/mol. The summed E-state index contributed by atoms with van der Waals surface area (Å²) in [6.07, 6.45) is 0. The second-order valence-corrected chi connectivity index (χ2v) is 6.04. The summed E-state index contributed by atoms with van der Waals surface area (Å²) in [4.78, 5) is 0. The fourth-order valence-electron chi connectivity index (χ4n) is 2.01. The number of rotatable bonds is 3. The summed E-state index contributed by atoms with van der Waals surface area (Å²) >= 11 is 24.5. The van der Waals surface area contributed by atoms with E-state index in [-0.39, 0.29) is 0 Å². The normalized spacial score (nSPS) is 10.9. The van der Waals surface area contributed by atoms with E-state index in [0.717, 1.165) is 5.56 Å². The molecule has 8 heteroatoms. The molecule has 0 fully saturated rings. The van der Waals surface area contributed by atoms with Crippen LogP contribution < -0.4 is 0 Å². The van der Waals surface area contributed by atoms with E-state index in [9.17, 15) is 0 Å². The fourth-order valence-corrected chi connectivity index (χ4v) is 2.78. The third-order valence-corrected chi connectivity index (χ3v) is 4.75. The molecule has 1 aromatic heterocycles. The van der Waals surface area contributed by atoms with Gasteiger partial charge < -0.3 is 0 Å². The molecule has 0 amide bonds. The molecule has 0 unspecified atom stereocenters. The van der Waals surface area contributed by atoms with E-state index in [1.165, 1.54) is 0 Å². The van der Waals surface area contributed by atoms with Gasteiger partial charge in [-0.1, -0.05) is 64.6 Å². The van der Waals surface area contributed by atoms with Crippen molar-refractivity contribution in [1.82, 2.24) is 20.2 Å². The number of benzene rings is 2. The summed E-state index contributed by atoms with van der Waals surface area (Å²) in [6, 6.07) is 10.7. The summed E-state index contributed by atoms with van der Waals surface area (Å²) in [5.41, 5.74) is 1.46. The van der Waals surface area contributed by atoms with Gasteiger partial charge in [-0.25, -0.2) is 4.68 Å². The van der Waals surface area contributed by atoms with Crippen LogP contribution in [-0.2, 0) is 6.54 Å². The minimum absolute atomic E-state index is 0.366. The molecule has 3 rings (SSSR count). The highest BCUT2D eigenvalue weighted by Crippen LogP contribution is 2.33. The van der Waals surface area contributed by atoms with Crippen LogP contribution in [0, 0.1) is 0 Å². The first-order valence-corrected chi connectivity index (χ1v) is 7.72. The summed E-state index contributed by atoms with van der Waals surface area (Å²) in [7, 11) is 0. The van der Waals surface area contributed by atoms with E-state index in [4.69, 9.17) is 46.4 Å². The monoisotopic (exact) mass is 372 g/mol. The first-order chi connectivity index (χ1) is 10.6. The molecule has 0 radical (unpaired) electrons. The van der Waals surface area contributed by atoms with Gasteiger partial charge in [0.2, 0.25) is 0 Å². The summed E-state index contributed by atoms with van der Waals surface area (Å²) in [6.45, 7) is 0.366. The maximum atomic E-state index is 6.23. The third-order valence-electron chi connectivity index (χ3n) is 3.08. The Morgan fingerprint density at radius 2 is 1.55 bits per heavy atom. The van der Waals surface area contributed by atoms with Crippen LogP contribution in [0.4, 0.5) is 0 Å². The lowest BCUT2D eigenvalue weighted by Crippen LogP contribution is -2.05. The number of halogens is 4. The van der Waals surface area contributed by atoms with Crippen molar-refractivity contribution < 1.29 is 0 Å². The van der Waals surface area contributed by atoms with Crippen LogP contribution in [0.15, 0.2) is 36.4 Å². The molecular formula is C14H8Cl4N4. The van der Waals surface area contributed by atoms with Gasteiger partial charge in [0.1, 0.15) is 0 Å². The van der Waals surface area contributed by atoms with Gasteiger partial charge in [0.15, 0.2) is 5.82 Å². The molecule has 4 nitrogen and oxygen atoms in total. The van der Waals surface area contributed by atoms with E-state index >= 15 is 0 Å². The van der Waals surface area contributed by atoms with Crippen molar-refractivity contribution in [3.63, 3.8) is 0 Å². The lowest BCUT2D eigenvalue weighted by molar-refractivity contribution is 0.653. The number of tetrazole rings is 1. The molecule has 112 valence electrons. The Hall–Kier alpha value is -1.33. The predicted octanol–water partition coefficient (Wildman–Crippen LogP) is 5.00. The summed E-state index contributed by atoms with van der Waals surface area (Å²) in [5, 5.41) is 13.5. The quantitative estimate of drug-likeness (QED) is 0.648. The number of hydrogen-bond donors (Lipinski definition) is 0. The standard InChI is InChI=1S/C14H8Cl4N4/c15-10-5-1-3-8(12(10)17)7-22-14(19-20-21-22)9-4-2-6-11(16)13(9)18/h1-6H,7H2. The van der Waals surface area contributed by atoms with Gasteiger partial charge in [0.25, 0.3) is 0 Å². The van der Waals surface area contributed by atoms with Crippen molar-refractivity contribution in [3.8, 4) is 11.4 Å². The van der Waals surface area contributed by atoms with Gasteiger partial charge in [0, 0.05) is 5.56 Å². The Kier molecular flexibility index (Phi) is 4.54. The molecule has 0 bridgehead atoms. The van der Waals surface area contributed by atoms with Gasteiger partial charge >= 0.3 is 0 Å². The van der Waals surface area contributed by atoms with Crippen molar-refractivity contribution in [2.24, 2.45) is 0 Å². The Labute approximate surface area is 146 Å². The van der Waals surface area contributed by atoms with Gasteiger partial charge in [-0.2, -0.15) is 0 Å². The zero-order valence-electron chi connectivity index (χ0n) is 11.0. The van der Waals surface area contributed by atoms with Crippen LogP contribution in [0.3, 0.4) is 0 Å². The van der Waals surface area contributed by atoms with Crippen LogP contribution >= 0.6 is 46.4 Å². The van der Waals surface area contributed by atoms with Crippen LogP contribution in [-0.4, -0.2) is 20.2 Å². The smallest absolute Gasteiger partial charge is 0.183 e. The maximum absolute atomic E-state index is 6.23. The average molecular weight is 374 g/mol. The van der Waals surface area contributed by atoms with Crippen LogP contribution in [0.2, 0.25) is 20.1 Å². The van der Waals surface area contributed by atoms with E-state index in [2.05, 4.69) is 15.5 Å². The SMILES string of the molecule is Clc1cccc(Cn2nnnc2-c2cccc(Cl)c2Cl)c1Cl. The zero-order valence-corrected chi connectivity index (χ0v) is 14.0. The van der Waals surface area contributed by atoms with Crippen molar-refractivity contribution in [1.29, 1.82) is 0 Å². The van der Waals surface area contributed by atoms with Gasteiger partial charge in [-0.3, -0.25) is 0 Å². The Bertz CT molecular complexity index is 831. The van der Waals surface area contributed by atoms with Crippen LogP contribution in [0.1, 0.15) is 5.56 Å². The number of hydrogen-bond acceptors (Lipinski definition) is 3. The summed E-state index contributed by atoms with van der Waals surface area (Å²) in [5.74, 6) is 0.503. The van der Waals surface area contributed by atoms with Crippen molar-refractivity contribution >= 4 is 46.4 Å². The molecule has 3 aromatic rings. The van der Waals surface area contributed by atoms with Gasteiger partial charge in [0.05, 0.1) is 26.6 Å². The summed E-state index contributed by atoms with van der Waals surface area (Å²) < 4.78 is 1.59. The number of nitrogens with zero attached hydrogens (tertiary/aromatic N) is 4. The zero-order chi connectivity index (χ0) is 15.7. The minimum Gasteiger partial charge on any atom is -0.221 e. The molecule has 1 heterocycles. The molecule has 0 N–H and O–H groups in total. The lowest BCUT2D eigenvalue weighted by atomic mass is 10.2. The van der Waals surface area contributed by atoms with Crippen LogP contribution in [0.5, 0.6) is 0 Å². The second kappa shape index (κ2) is 6.42. The molecular weight excluding hydrogens is 366 g/mol. The maximum Gasteiger partial charge on any atom is 0.183 e. The van der Waals surface area contributed by atoms with E-state index in [1.54, 1.807) is 28.9 Å². The minimum atomic E-state index is 0.366. The number of aromatic nitrogens is 4. The fraction of sp³-hybridized carbons (Fsp3) is 0.0714. The van der Waals surface area contributed by atoms with Crippen LogP contribution in [0.25, 0.3) is 11.4 Å². The first-order valence-electron chi connectivity index (χ1n) is 6.21. The molecule has 0 aliphatic heterocycles. The molecule has 2 aromatic carbocycles. The largest absolute Gasteiger partial charge is 0.221 e.